The number of likely N-dealkylation sites (N-methyl/N-ethyl adjacent to an activating group) is 2. The van der Waals surface area contributed by atoms with E-state index in [2.05, 4.69) is 5.32 Å². The molecule has 2 unspecified atom stereocenters. The Morgan fingerprint density at radius 2 is 1.75 bits per heavy atom. The molecule has 5 rings (SSSR count). The van der Waals surface area contributed by atoms with E-state index in [1.54, 1.807) is 30.3 Å². The Balaban J connectivity index is 1.56. The molecule has 0 saturated heterocycles. The highest BCUT2D eigenvalue weighted by Crippen LogP contribution is 2.51. The summed E-state index contributed by atoms with van der Waals surface area (Å²) in [7, 11) is 6.87. The molecule has 2 fully saturated rings. The van der Waals surface area contributed by atoms with Gasteiger partial charge in [0.1, 0.15) is 5.75 Å². The van der Waals surface area contributed by atoms with Crippen molar-refractivity contribution in [3.05, 3.63) is 53.1 Å². The fraction of sp³-hybridized carbons (Fsp3) is 0.438. The van der Waals surface area contributed by atoms with Crippen molar-refractivity contribution in [2.24, 2.45) is 29.4 Å². The minimum absolute atomic E-state index is 0.0483. The summed E-state index contributed by atoms with van der Waals surface area (Å²) >= 11 is 0. The number of phenolic OH excluding ortho intramolecular Hbond substituents is 1. The third kappa shape index (κ3) is 4.83. The van der Waals surface area contributed by atoms with Crippen LogP contribution in [0.4, 0.5) is 0 Å². The van der Waals surface area contributed by atoms with Gasteiger partial charge >= 0.3 is 0 Å². The predicted octanol–water partition coefficient (Wildman–Crippen LogP) is -0.175. The molecule has 12 heteroatoms. The van der Waals surface area contributed by atoms with Crippen LogP contribution in [0.15, 0.2) is 36.4 Å². The molecule has 0 bridgehead atoms. The molecular weight excluding hydrogens is 568 g/mol. The molecule has 3 aliphatic carbocycles. The summed E-state index contributed by atoms with van der Waals surface area (Å²) in [6, 6.07) is 8.63. The first-order valence-corrected chi connectivity index (χ1v) is 14.4. The standard InChI is InChI=1S/C32H36N4O8/c1-35(2)11-10-34-31(43)16-7-5-6-15(12-16)18-8-9-21(37)23-19(18)13-17-14-20-25(36(3)4)27(39)24(30(33)42)29(41)32(20,44)28(40)22(17)26(23)38/h5-9,12,17,20,22,24-25,37,44H,10-11,13-14H2,1-4H3,(H2,33,42)(H,34,43)/t17-,20-,22?,24?,25+,32-/m0/s1. The highest BCUT2D eigenvalue weighted by molar-refractivity contribution is 6.32. The van der Waals surface area contributed by atoms with Gasteiger partial charge in [-0.25, -0.2) is 0 Å². The summed E-state index contributed by atoms with van der Waals surface area (Å²) in [5, 5.41) is 25.4. The van der Waals surface area contributed by atoms with Crippen LogP contribution in [0.1, 0.15) is 32.7 Å². The molecule has 5 N–H and O–H groups in total. The highest BCUT2D eigenvalue weighted by Gasteiger charge is 2.69. The van der Waals surface area contributed by atoms with Gasteiger partial charge in [0.2, 0.25) is 5.91 Å². The van der Waals surface area contributed by atoms with Gasteiger partial charge in [-0.2, -0.15) is 0 Å². The molecule has 2 saturated carbocycles. The van der Waals surface area contributed by atoms with Gasteiger partial charge in [0.15, 0.2) is 34.7 Å². The third-order valence-electron chi connectivity index (χ3n) is 9.23. The van der Waals surface area contributed by atoms with Crippen LogP contribution in [-0.2, 0) is 25.6 Å². The largest absolute Gasteiger partial charge is 0.507 e. The SMILES string of the molecule is CN(C)CCNC(=O)c1cccc(-c2ccc(O)c3c2C[C@H]2C[C@H]4[C@@H](N(C)C)C(=O)C(C(N)=O)C(=O)[C@@]4(O)C(=O)C2C3=O)c1. The van der Waals surface area contributed by atoms with E-state index < -0.39 is 64.4 Å². The molecule has 2 aromatic rings. The quantitative estimate of drug-likeness (QED) is 0.309. The number of aromatic hydroxyl groups is 1. The first kappa shape index (κ1) is 31.2. The molecule has 6 atom stereocenters. The van der Waals surface area contributed by atoms with Gasteiger partial charge in [-0.05, 0) is 81.8 Å². The van der Waals surface area contributed by atoms with Gasteiger partial charge in [-0.15, -0.1) is 0 Å². The number of hydrogen-bond acceptors (Lipinski definition) is 10. The number of carbonyl (C=O) groups is 6. The maximum Gasteiger partial charge on any atom is 0.251 e. The van der Waals surface area contributed by atoms with Crippen LogP contribution in [0.25, 0.3) is 11.1 Å². The topological polar surface area (TPSA) is 187 Å². The minimum atomic E-state index is -2.78. The zero-order chi connectivity index (χ0) is 32.2. The van der Waals surface area contributed by atoms with Crippen LogP contribution in [0.5, 0.6) is 5.75 Å². The number of phenols is 1. The van der Waals surface area contributed by atoms with Crippen molar-refractivity contribution in [1.82, 2.24) is 15.1 Å². The predicted molar refractivity (Wildman–Crippen MR) is 158 cm³/mol. The van der Waals surface area contributed by atoms with Gasteiger partial charge in [-0.3, -0.25) is 33.7 Å². The first-order valence-electron chi connectivity index (χ1n) is 14.4. The lowest BCUT2D eigenvalue weighted by Gasteiger charge is -2.52. The monoisotopic (exact) mass is 604 g/mol. The van der Waals surface area contributed by atoms with Crippen molar-refractivity contribution in [3.8, 4) is 16.9 Å². The Bertz CT molecular complexity index is 1600. The molecule has 0 heterocycles. The normalized spacial score (nSPS) is 28.0. The number of aliphatic hydroxyl groups is 1. The van der Waals surface area contributed by atoms with E-state index in [4.69, 9.17) is 5.73 Å². The van der Waals surface area contributed by atoms with Crippen LogP contribution in [0, 0.1) is 23.7 Å². The Morgan fingerprint density at radius 1 is 1.05 bits per heavy atom. The number of rotatable bonds is 7. The van der Waals surface area contributed by atoms with E-state index >= 15 is 0 Å². The van der Waals surface area contributed by atoms with Crippen LogP contribution < -0.4 is 11.1 Å². The number of fused-ring (bicyclic) bond motifs is 3. The van der Waals surface area contributed by atoms with Gasteiger partial charge in [0, 0.05) is 24.6 Å². The van der Waals surface area contributed by atoms with Crippen LogP contribution in [0.3, 0.4) is 0 Å². The molecule has 0 spiro atoms. The Hall–Kier alpha value is -4.26. The maximum absolute atomic E-state index is 14.0. The summed E-state index contributed by atoms with van der Waals surface area (Å²) < 4.78 is 0. The van der Waals surface area contributed by atoms with Crippen molar-refractivity contribution >= 4 is 34.9 Å². The van der Waals surface area contributed by atoms with Crippen molar-refractivity contribution in [1.29, 1.82) is 0 Å². The van der Waals surface area contributed by atoms with Gasteiger partial charge < -0.3 is 26.2 Å². The van der Waals surface area contributed by atoms with Crippen LogP contribution in [0.2, 0.25) is 0 Å². The van der Waals surface area contributed by atoms with Crippen LogP contribution in [-0.4, -0.2) is 108 Å². The Kier molecular flexibility index (Phi) is 8.04. The molecule has 0 aromatic heterocycles. The number of primary amides is 1. The molecule has 44 heavy (non-hydrogen) atoms. The Morgan fingerprint density at radius 3 is 2.39 bits per heavy atom. The van der Waals surface area contributed by atoms with Gasteiger partial charge in [0.25, 0.3) is 5.91 Å². The minimum Gasteiger partial charge on any atom is -0.507 e. The summed E-state index contributed by atoms with van der Waals surface area (Å²) in [5.41, 5.74) is 4.54. The van der Waals surface area contributed by atoms with E-state index in [1.807, 2.05) is 19.0 Å². The average molecular weight is 605 g/mol. The molecule has 0 aliphatic heterocycles. The first-order chi connectivity index (χ1) is 20.7. The number of hydrogen-bond donors (Lipinski definition) is 4. The van der Waals surface area contributed by atoms with E-state index in [1.165, 1.54) is 25.1 Å². The third-order valence-corrected chi connectivity index (χ3v) is 9.23. The van der Waals surface area contributed by atoms with E-state index in [-0.39, 0.29) is 30.1 Å². The maximum atomic E-state index is 14.0. The highest BCUT2D eigenvalue weighted by atomic mass is 16.3. The van der Waals surface area contributed by atoms with E-state index in [9.17, 15) is 39.0 Å². The number of nitrogens with zero attached hydrogens (tertiary/aromatic N) is 2. The average Bonchev–Trinajstić information content (AvgIpc) is 2.94. The summed E-state index contributed by atoms with van der Waals surface area (Å²) in [5.74, 6) is -11.3. The fourth-order valence-corrected chi connectivity index (χ4v) is 7.20. The van der Waals surface area contributed by atoms with Crippen molar-refractivity contribution in [3.63, 3.8) is 0 Å². The van der Waals surface area contributed by atoms with E-state index in [0.29, 0.717) is 35.3 Å². The number of amides is 2. The molecule has 2 aromatic carbocycles. The number of Topliss-reactive ketones (excluding diaryl/α,β-unsaturated/α-hetero) is 4. The second-order valence-corrected chi connectivity index (χ2v) is 12.4. The lowest BCUT2D eigenvalue weighted by Crippen LogP contribution is -2.74. The van der Waals surface area contributed by atoms with Gasteiger partial charge in [-0.1, -0.05) is 18.2 Å². The molecule has 0 radical (unpaired) electrons. The molecule has 3 aliphatic rings. The van der Waals surface area contributed by atoms with Crippen molar-refractivity contribution in [2.45, 2.75) is 24.5 Å². The van der Waals surface area contributed by atoms with Crippen molar-refractivity contribution in [2.75, 3.05) is 41.3 Å². The van der Waals surface area contributed by atoms with Gasteiger partial charge in [0.05, 0.1) is 17.5 Å². The molecule has 12 nitrogen and oxygen atoms in total. The number of carbonyl (C=O) groups excluding carboxylic acids is 6. The molecule has 232 valence electrons. The summed E-state index contributed by atoms with van der Waals surface area (Å²) in [4.78, 5) is 83.1. The van der Waals surface area contributed by atoms with E-state index in [0.717, 1.165) is 0 Å². The fourth-order valence-electron chi connectivity index (χ4n) is 7.20. The summed E-state index contributed by atoms with van der Waals surface area (Å²) in [6.45, 7) is 1.11. The smallest absolute Gasteiger partial charge is 0.251 e. The lowest BCUT2D eigenvalue weighted by atomic mass is 9.52. The van der Waals surface area contributed by atoms with Crippen LogP contribution >= 0.6 is 0 Å². The molecule has 2 amide bonds. The zero-order valence-electron chi connectivity index (χ0n) is 25.0. The number of nitrogens with one attached hydrogen (secondary N) is 1. The summed E-state index contributed by atoms with van der Waals surface area (Å²) in [6.07, 6.45) is 0.0716. The number of ketones is 4. The lowest BCUT2D eigenvalue weighted by molar-refractivity contribution is -0.181. The number of benzene rings is 2. The van der Waals surface area contributed by atoms with Crippen molar-refractivity contribution < 1.29 is 39.0 Å². The number of nitrogens with two attached hydrogens (primary N) is 1. The molecular formula is C32H36N4O8. The Labute approximate surface area is 254 Å². The zero-order valence-corrected chi connectivity index (χ0v) is 25.0. The second-order valence-electron chi connectivity index (χ2n) is 12.4. The second kappa shape index (κ2) is 11.3.